The molecule has 0 unspecified atom stereocenters. The minimum atomic E-state index is 0.667. The van der Waals surface area contributed by atoms with E-state index in [9.17, 15) is 0 Å². The molecule has 0 saturated heterocycles. The number of nitrogens with zero attached hydrogens (tertiary/aromatic N) is 1. The van der Waals surface area contributed by atoms with E-state index in [4.69, 9.17) is 10.4 Å². The number of halogens is 1. The maximum absolute atomic E-state index is 8.71. The Labute approximate surface area is 83.0 Å². The Bertz CT molecular complexity index is 306. The SMILES string of the molecule is N#Cc1c(I)cccc1SN. The summed E-state index contributed by atoms with van der Waals surface area (Å²) >= 11 is 3.22. The van der Waals surface area contributed by atoms with Gasteiger partial charge in [-0.2, -0.15) is 5.26 Å². The highest BCUT2D eigenvalue weighted by Gasteiger charge is 2.03. The maximum Gasteiger partial charge on any atom is 0.101 e. The fraction of sp³-hybridized carbons (Fsp3) is 0. The van der Waals surface area contributed by atoms with Gasteiger partial charge in [-0.1, -0.05) is 6.07 Å². The second-order valence-corrected chi connectivity index (χ2v) is 3.68. The molecule has 0 spiro atoms. The maximum atomic E-state index is 8.71. The molecule has 0 heterocycles. The van der Waals surface area contributed by atoms with Gasteiger partial charge in [0.2, 0.25) is 0 Å². The van der Waals surface area contributed by atoms with Crippen molar-refractivity contribution in [3.63, 3.8) is 0 Å². The minimum Gasteiger partial charge on any atom is -0.274 e. The van der Waals surface area contributed by atoms with Crippen LogP contribution in [0.5, 0.6) is 0 Å². The van der Waals surface area contributed by atoms with Crippen LogP contribution in [-0.2, 0) is 0 Å². The standard InChI is InChI=1S/C7H5IN2S/c8-6-2-1-3-7(11-10)5(6)4-9/h1-3H,10H2. The summed E-state index contributed by atoms with van der Waals surface area (Å²) in [5, 5.41) is 14.1. The lowest BCUT2D eigenvalue weighted by Crippen LogP contribution is -1.88. The normalized spacial score (nSPS) is 9.18. The van der Waals surface area contributed by atoms with Crippen LogP contribution >= 0.6 is 34.5 Å². The van der Waals surface area contributed by atoms with Gasteiger partial charge in [-0.25, -0.2) is 0 Å². The predicted octanol–water partition coefficient (Wildman–Crippen LogP) is 2.13. The van der Waals surface area contributed by atoms with Crippen molar-refractivity contribution in [3.8, 4) is 6.07 Å². The van der Waals surface area contributed by atoms with E-state index in [2.05, 4.69) is 28.7 Å². The second-order valence-electron chi connectivity index (χ2n) is 1.84. The van der Waals surface area contributed by atoms with E-state index >= 15 is 0 Å². The lowest BCUT2D eigenvalue weighted by molar-refractivity contribution is 1.34. The van der Waals surface area contributed by atoms with Crippen LogP contribution in [0.25, 0.3) is 0 Å². The van der Waals surface area contributed by atoms with Gasteiger partial charge in [0.1, 0.15) is 6.07 Å². The van der Waals surface area contributed by atoms with Crippen molar-refractivity contribution in [2.75, 3.05) is 0 Å². The largest absolute Gasteiger partial charge is 0.274 e. The van der Waals surface area contributed by atoms with Gasteiger partial charge in [-0.05, 0) is 46.7 Å². The second kappa shape index (κ2) is 3.95. The number of hydrogen-bond donors (Lipinski definition) is 1. The summed E-state index contributed by atoms with van der Waals surface area (Å²) in [4.78, 5) is 0.833. The number of nitriles is 1. The first-order valence-corrected chi connectivity index (χ1v) is 4.80. The summed E-state index contributed by atoms with van der Waals surface area (Å²) in [5.41, 5.74) is 0.667. The Morgan fingerprint density at radius 2 is 2.27 bits per heavy atom. The van der Waals surface area contributed by atoms with Crippen LogP contribution in [0.1, 0.15) is 5.56 Å². The molecule has 0 saturated carbocycles. The molecule has 1 rings (SSSR count). The van der Waals surface area contributed by atoms with Crippen LogP contribution in [0.3, 0.4) is 0 Å². The smallest absolute Gasteiger partial charge is 0.101 e. The van der Waals surface area contributed by atoms with E-state index in [1.807, 2.05) is 18.2 Å². The number of hydrogen-bond acceptors (Lipinski definition) is 3. The van der Waals surface area contributed by atoms with Crippen molar-refractivity contribution >= 4 is 34.5 Å². The van der Waals surface area contributed by atoms with Gasteiger partial charge in [0.15, 0.2) is 0 Å². The molecule has 2 N–H and O–H groups in total. The summed E-state index contributed by atoms with van der Waals surface area (Å²) in [7, 11) is 0. The average molecular weight is 276 g/mol. The molecule has 0 fully saturated rings. The first-order chi connectivity index (χ1) is 5.29. The molecule has 56 valence electrons. The summed E-state index contributed by atoms with van der Waals surface area (Å²) < 4.78 is 0.945. The third-order valence-corrected chi connectivity index (χ3v) is 2.71. The van der Waals surface area contributed by atoms with Gasteiger partial charge in [-0.3, -0.25) is 5.14 Å². The van der Waals surface area contributed by atoms with Gasteiger partial charge >= 0.3 is 0 Å². The Balaban J connectivity index is 3.27. The van der Waals surface area contributed by atoms with Crippen LogP contribution in [-0.4, -0.2) is 0 Å². The average Bonchev–Trinajstić information content (AvgIpc) is 2.04. The van der Waals surface area contributed by atoms with Gasteiger partial charge in [-0.15, -0.1) is 0 Å². The fourth-order valence-electron chi connectivity index (χ4n) is 0.711. The van der Waals surface area contributed by atoms with Crippen molar-refractivity contribution < 1.29 is 0 Å². The molecule has 0 atom stereocenters. The van der Waals surface area contributed by atoms with E-state index in [0.29, 0.717) is 5.56 Å². The zero-order valence-electron chi connectivity index (χ0n) is 5.54. The zero-order chi connectivity index (χ0) is 8.27. The Hall–Kier alpha value is -0.250. The van der Waals surface area contributed by atoms with Crippen LogP contribution < -0.4 is 5.14 Å². The molecule has 0 aliphatic carbocycles. The van der Waals surface area contributed by atoms with Crippen molar-refractivity contribution in [2.24, 2.45) is 5.14 Å². The van der Waals surface area contributed by atoms with Gasteiger partial charge in [0.05, 0.1) is 5.56 Å². The molecule has 0 amide bonds. The highest BCUT2D eigenvalue weighted by molar-refractivity contribution is 14.1. The lowest BCUT2D eigenvalue weighted by Gasteiger charge is -1.99. The molecule has 2 nitrogen and oxygen atoms in total. The van der Waals surface area contributed by atoms with Crippen LogP contribution in [0.4, 0.5) is 0 Å². The number of nitrogens with two attached hydrogens (primary N) is 1. The van der Waals surface area contributed by atoms with Gasteiger partial charge in [0.25, 0.3) is 0 Å². The zero-order valence-corrected chi connectivity index (χ0v) is 8.52. The molecule has 0 aromatic heterocycles. The molecule has 0 aliphatic heterocycles. The molecule has 4 heteroatoms. The van der Waals surface area contributed by atoms with E-state index in [1.165, 1.54) is 0 Å². The van der Waals surface area contributed by atoms with E-state index < -0.39 is 0 Å². The number of rotatable bonds is 1. The first kappa shape index (κ1) is 8.84. The van der Waals surface area contributed by atoms with Crippen molar-refractivity contribution in [3.05, 3.63) is 27.3 Å². The Morgan fingerprint density at radius 3 is 2.73 bits per heavy atom. The van der Waals surface area contributed by atoms with E-state index in [-0.39, 0.29) is 0 Å². The van der Waals surface area contributed by atoms with E-state index in [0.717, 1.165) is 20.4 Å². The van der Waals surface area contributed by atoms with Gasteiger partial charge in [0, 0.05) is 8.47 Å². The minimum absolute atomic E-state index is 0.667. The lowest BCUT2D eigenvalue weighted by atomic mass is 10.2. The molecule has 0 bridgehead atoms. The quantitative estimate of drug-likeness (QED) is 0.631. The molecule has 1 aromatic carbocycles. The highest BCUT2D eigenvalue weighted by Crippen LogP contribution is 2.21. The summed E-state index contributed by atoms with van der Waals surface area (Å²) in [6.07, 6.45) is 0. The third kappa shape index (κ3) is 1.86. The van der Waals surface area contributed by atoms with E-state index in [1.54, 1.807) is 0 Å². The molecule has 0 aliphatic rings. The first-order valence-electron chi connectivity index (χ1n) is 2.85. The highest BCUT2D eigenvalue weighted by atomic mass is 127. The summed E-state index contributed by atoms with van der Waals surface area (Å²) in [6, 6.07) is 7.72. The Morgan fingerprint density at radius 1 is 1.55 bits per heavy atom. The molecular formula is C7H5IN2S. The molecule has 0 radical (unpaired) electrons. The number of benzene rings is 1. The van der Waals surface area contributed by atoms with Crippen molar-refractivity contribution in [1.82, 2.24) is 0 Å². The molecular weight excluding hydrogens is 271 g/mol. The monoisotopic (exact) mass is 276 g/mol. The van der Waals surface area contributed by atoms with Crippen LogP contribution in [0.15, 0.2) is 23.1 Å². The predicted molar refractivity (Wildman–Crippen MR) is 53.9 cm³/mol. The Kier molecular flexibility index (Phi) is 3.17. The summed E-state index contributed by atoms with van der Waals surface area (Å²) in [6.45, 7) is 0. The third-order valence-electron chi connectivity index (χ3n) is 1.21. The van der Waals surface area contributed by atoms with Crippen molar-refractivity contribution in [2.45, 2.75) is 4.90 Å². The van der Waals surface area contributed by atoms with Crippen LogP contribution in [0.2, 0.25) is 0 Å². The molecule has 1 aromatic rings. The fourth-order valence-corrected chi connectivity index (χ4v) is 1.94. The molecule has 11 heavy (non-hydrogen) atoms. The van der Waals surface area contributed by atoms with Crippen molar-refractivity contribution in [1.29, 1.82) is 5.26 Å². The van der Waals surface area contributed by atoms with Gasteiger partial charge < -0.3 is 0 Å². The topological polar surface area (TPSA) is 49.8 Å². The summed E-state index contributed by atoms with van der Waals surface area (Å²) in [5.74, 6) is 0. The van der Waals surface area contributed by atoms with Crippen LogP contribution in [0, 0.1) is 14.9 Å².